The molecule has 1 atom stereocenters. The second-order valence-corrected chi connectivity index (χ2v) is 6.28. The van der Waals surface area contributed by atoms with Gasteiger partial charge in [-0.15, -0.1) is 11.8 Å². The molecule has 0 aliphatic carbocycles. The molecule has 1 aliphatic rings. The summed E-state index contributed by atoms with van der Waals surface area (Å²) >= 11 is 1.76. The number of thioether (sulfide) groups is 1. The third-order valence-electron chi connectivity index (χ3n) is 3.55. The minimum absolute atomic E-state index is 0.0974. The summed E-state index contributed by atoms with van der Waals surface area (Å²) in [7, 11) is 0. The Morgan fingerprint density at radius 1 is 1.36 bits per heavy atom. The molecular formula is C16H22N2O3S. The number of carbonyl (C=O) groups excluding carboxylic acids is 2. The van der Waals surface area contributed by atoms with E-state index in [9.17, 15) is 9.59 Å². The SMILES string of the molecule is CCC(CC(=O)N1CCSC1)NC(=O)OCc1ccccc1. The van der Waals surface area contributed by atoms with Crippen molar-refractivity contribution in [1.29, 1.82) is 0 Å². The Morgan fingerprint density at radius 2 is 2.14 bits per heavy atom. The first-order chi connectivity index (χ1) is 10.7. The van der Waals surface area contributed by atoms with Crippen LogP contribution in [-0.4, -0.2) is 41.1 Å². The third kappa shape index (κ3) is 5.26. The topological polar surface area (TPSA) is 58.6 Å². The highest BCUT2D eigenvalue weighted by Gasteiger charge is 2.22. The van der Waals surface area contributed by atoms with Crippen molar-refractivity contribution in [2.24, 2.45) is 0 Å². The van der Waals surface area contributed by atoms with Gasteiger partial charge in [-0.1, -0.05) is 37.3 Å². The second kappa shape index (κ2) is 8.68. The van der Waals surface area contributed by atoms with Gasteiger partial charge in [0, 0.05) is 24.8 Å². The van der Waals surface area contributed by atoms with Gasteiger partial charge >= 0.3 is 6.09 Å². The molecule has 1 aromatic carbocycles. The molecule has 1 fully saturated rings. The van der Waals surface area contributed by atoms with Gasteiger partial charge in [-0.25, -0.2) is 4.79 Å². The van der Waals surface area contributed by atoms with Crippen LogP contribution in [0.3, 0.4) is 0 Å². The summed E-state index contributed by atoms with van der Waals surface area (Å²) in [4.78, 5) is 25.8. The summed E-state index contributed by atoms with van der Waals surface area (Å²) in [5, 5.41) is 2.78. The van der Waals surface area contributed by atoms with E-state index in [1.165, 1.54) is 0 Å². The summed E-state index contributed by atoms with van der Waals surface area (Å²) < 4.78 is 5.19. The number of alkyl carbamates (subject to hydrolysis) is 1. The molecule has 120 valence electrons. The van der Waals surface area contributed by atoms with E-state index < -0.39 is 6.09 Å². The van der Waals surface area contributed by atoms with Crippen molar-refractivity contribution in [1.82, 2.24) is 10.2 Å². The first-order valence-corrected chi connectivity index (χ1v) is 8.67. The molecule has 0 aromatic heterocycles. The zero-order valence-electron chi connectivity index (χ0n) is 12.8. The lowest BCUT2D eigenvalue weighted by Gasteiger charge is -2.20. The first kappa shape index (κ1) is 16.7. The molecule has 1 saturated heterocycles. The van der Waals surface area contributed by atoms with Crippen LogP contribution in [0.15, 0.2) is 30.3 Å². The summed E-state index contributed by atoms with van der Waals surface area (Å²) in [5.74, 6) is 1.85. The van der Waals surface area contributed by atoms with Crippen LogP contribution in [-0.2, 0) is 16.1 Å². The maximum atomic E-state index is 12.1. The number of hydrogen-bond donors (Lipinski definition) is 1. The fourth-order valence-electron chi connectivity index (χ4n) is 2.18. The standard InChI is InChI=1S/C16H22N2O3S/c1-2-14(10-15(19)18-8-9-22-12-18)17-16(20)21-11-13-6-4-3-5-7-13/h3-7,14H,2,8-12H2,1H3,(H,17,20). The smallest absolute Gasteiger partial charge is 0.407 e. The van der Waals surface area contributed by atoms with Gasteiger partial charge in [-0.3, -0.25) is 4.79 Å². The van der Waals surface area contributed by atoms with Crippen LogP contribution in [0.5, 0.6) is 0 Å². The van der Waals surface area contributed by atoms with E-state index in [0.717, 1.165) is 23.7 Å². The molecule has 6 heteroatoms. The van der Waals surface area contributed by atoms with Crippen LogP contribution in [0.4, 0.5) is 4.79 Å². The molecule has 1 aromatic rings. The maximum Gasteiger partial charge on any atom is 0.407 e. The van der Waals surface area contributed by atoms with Gasteiger partial charge in [0.25, 0.3) is 0 Å². The molecule has 5 nitrogen and oxygen atoms in total. The number of hydrogen-bond acceptors (Lipinski definition) is 4. The third-order valence-corrected chi connectivity index (χ3v) is 4.52. The molecule has 0 radical (unpaired) electrons. The van der Waals surface area contributed by atoms with Crippen molar-refractivity contribution in [2.45, 2.75) is 32.4 Å². The molecule has 22 heavy (non-hydrogen) atoms. The number of amides is 2. The van der Waals surface area contributed by atoms with Gasteiger partial charge in [-0.2, -0.15) is 0 Å². The summed E-state index contributed by atoms with van der Waals surface area (Å²) in [6.07, 6.45) is 0.560. The van der Waals surface area contributed by atoms with Crippen LogP contribution in [0.2, 0.25) is 0 Å². The highest BCUT2D eigenvalue weighted by Crippen LogP contribution is 2.15. The monoisotopic (exact) mass is 322 g/mol. The van der Waals surface area contributed by atoms with Crippen LogP contribution < -0.4 is 5.32 Å². The molecule has 2 amide bonds. The van der Waals surface area contributed by atoms with Gasteiger partial charge in [0.1, 0.15) is 6.61 Å². The van der Waals surface area contributed by atoms with Crippen molar-refractivity contribution >= 4 is 23.8 Å². The molecule has 1 unspecified atom stereocenters. The highest BCUT2D eigenvalue weighted by atomic mass is 32.2. The lowest BCUT2D eigenvalue weighted by molar-refractivity contribution is -0.130. The predicted molar refractivity (Wildman–Crippen MR) is 87.5 cm³/mol. The van der Waals surface area contributed by atoms with E-state index in [1.807, 2.05) is 42.2 Å². The largest absolute Gasteiger partial charge is 0.445 e. The highest BCUT2D eigenvalue weighted by molar-refractivity contribution is 7.99. The second-order valence-electron chi connectivity index (χ2n) is 5.21. The Morgan fingerprint density at radius 3 is 2.77 bits per heavy atom. The normalized spacial score (nSPS) is 15.4. The summed E-state index contributed by atoms with van der Waals surface area (Å²) in [6, 6.07) is 9.34. The van der Waals surface area contributed by atoms with Gasteiger partial charge < -0.3 is 15.0 Å². The minimum Gasteiger partial charge on any atom is -0.445 e. The van der Waals surface area contributed by atoms with Crippen molar-refractivity contribution in [3.05, 3.63) is 35.9 Å². The van der Waals surface area contributed by atoms with Crippen molar-refractivity contribution < 1.29 is 14.3 Å². The molecule has 2 rings (SSSR count). The van der Waals surface area contributed by atoms with Crippen LogP contribution in [0.1, 0.15) is 25.3 Å². The zero-order valence-corrected chi connectivity index (χ0v) is 13.6. The summed E-state index contributed by atoms with van der Waals surface area (Å²) in [5.41, 5.74) is 0.941. The van der Waals surface area contributed by atoms with E-state index in [-0.39, 0.29) is 18.6 Å². The summed E-state index contributed by atoms with van der Waals surface area (Å²) in [6.45, 7) is 2.99. The van der Waals surface area contributed by atoms with Gasteiger partial charge in [0.15, 0.2) is 0 Å². The maximum absolute atomic E-state index is 12.1. The number of benzene rings is 1. The number of nitrogens with zero attached hydrogens (tertiary/aromatic N) is 1. The quantitative estimate of drug-likeness (QED) is 0.874. The fourth-order valence-corrected chi connectivity index (χ4v) is 3.15. The van der Waals surface area contributed by atoms with E-state index in [0.29, 0.717) is 12.8 Å². The zero-order chi connectivity index (χ0) is 15.8. The molecule has 0 spiro atoms. The molecular weight excluding hydrogens is 300 g/mol. The van der Waals surface area contributed by atoms with Crippen LogP contribution >= 0.6 is 11.8 Å². The Hall–Kier alpha value is -1.69. The van der Waals surface area contributed by atoms with E-state index >= 15 is 0 Å². The molecule has 0 bridgehead atoms. The Balaban J connectivity index is 1.74. The molecule has 0 saturated carbocycles. The lowest BCUT2D eigenvalue weighted by Crippen LogP contribution is -2.40. The fraction of sp³-hybridized carbons (Fsp3) is 0.500. The van der Waals surface area contributed by atoms with Crippen molar-refractivity contribution in [2.75, 3.05) is 18.2 Å². The van der Waals surface area contributed by atoms with Gasteiger partial charge in [0.2, 0.25) is 5.91 Å². The number of rotatable bonds is 6. The van der Waals surface area contributed by atoms with E-state index in [1.54, 1.807) is 11.8 Å². The van der Waals surface area contributed by atoms with E-state index in [2.05, 4.69) is 5.32 Å². The number of ether oxygens (including phenoxy) is 1. The average molecular weight is 322 g/mol. The first-order valence-electron chi connectivity index (χ1n) is 7.51. The van der Waals surface area contributed by atoms with E-state index in [4.69, 9.17) is 4.74 Å². The van der Waals surface area contributed by atoms with Gasteiger partial charge in [0.05, 0.1) is 5.88 Å². The minimum atomic E-state index is -0.473. The number of nitrogens with one attached hydrogen (secondary N) is 1. The van der Waals surface area contributed by atoms with Crippen molar-refractivity contribution in [3.63, 3.8) is 0 Å². The van der Waals surface area contributed by atoms with Gasteiger partial charge in [-0.05, 0) is 12.0 Å². The Kier molecular flexibility index (Phi) is 6.58. The molecule has 1 heterocycles. The van der Waals surface area contributed by atoms with Crippen molar-refractivity contribution in [3.8, 4) is 0 Å². The average Bonchev–Trinajstić information content (AvgIpc) is 3.08. The van der Waals surface area contributed by atoms with Crippen LogP contribution in [0.25, 0.3) is 0 Å². The Labute approximate surface area is 135 Å². The van der Waals surface area contributed by atoms with Crippen LogP contribution in [0, 0.1) is 0 Å². The lowest BCUT2D eigenvalue weighted by atomic mass is 10.1. The number of carbonyl (C=O) groups is 2. The molecule has 1 aliphatic heterocycles. The predicted octanol–water partition coefficient (Wildman–Crippen LogP) is 2.61. The molecule has 1 N–H and O–H groups in total. The Bertz CT molecular complexity index is 489.